The molecule has 2 atom stereocenters. The van der Waals surface area contributed by atoms with Crippen LogP contribution in [0.4, 0.5) is 19.0 Å². The Hall–Kier alpha value is -1.74. The monoisotopic (exact) mass is 379 g/mol. The number of carbonyl (C=O) groups excluding carboxylic acids is 1. The van der Waals surface area contributed by atoms with Crippen LogP contribution >= 0.6 is 22.9 Å². The van der Waals surface area contributed by atoms with E-state index >= 15 is 0 Å². The predicted molar refractivity (Wildman–Crippen MR) is 83.6 cm³/mol. The number of rotatable bonds is 3. The topological polar surface area (TPSA) is 56.1 Å². The number of anilines is 1. The van der Waals surface area contributed by atoms with Crippen molar-refractivity contribution in [2.75, 3.05) is 11.9 Å². The molecule has 0 radical (unpaired) electrons. The molecule has 0 bridgehead atoms. The van der Waals surface area contributed by atoms with E-state index in [9.17, 15) is 18.0 Å². The molecule has 0 spiro atoms. The van der Waals surface area contributed by atoms with E-state index in [-0.39, 0.29) is 24.4 Å². The molecule has 2 unspecified atom stereocenters. The molecule has 24 heavy (non-hydrogen) atoms. The molecule has 3 rings (SSSR count). The number of aromatic nitrogens is 2. The number of hydrogen-bond acceptors (Lipinski definition) is 5. The van der Waals surface area contributed by atoms with Gasteiger partial charge < -0.3 is 10.1 Å². The standard InChI is InChI=1S/C14H13ClF3N3O2S/c1-2-23-13(22)7-6-19-21-10(14(16,17)18)5-8(20-12(7)21)9-3-4-11(15)24-9/h3-4,6,8,10,20H,2,5H2,1H3. The van der Waals surface area contributed by atoms with Gasteiger partial charge in [0.2, 0.25) is 0 Å². The van der Waals surface area contributed by atoms with Crippen molar-refractivity contribution in [3.8, 4) is 0 Å². The largest absolute Gasteiger partial charge is 0.462 e. The zero-order valence-corrected chi connectivity index (χ0v) is 14.0. The van der Waals surface area contributed by atoms with E-state index in [1.54, 1.807) is 19.1 Å². The van der Waals surface area contributed by atoms with E-state index < -0.39 is 24.2 Å². The number of carbonyl (C=O) groups is 1. The summed E-state index contributed by atoms with van der Waals surface area (Å²) in [6, 6.07) is 0.854. The highest BCUT2D eigenvalue weighted by molar-refractivity contribution is 7.16. The minimum atomic E-state index is -4.49. The molecule has 2 aromatic heterocycles. The van der Waals surface area contributed by atoms with Crippen molar-refractivity contribution in [2.24, 2.45) is 0 Å². The summed E-state index contributed by atoms with van der Waals surface area (Å²) in [5.74, 6) is -0.700. The predicted octanol–water partition coefficient (Wildman–Crippen LogP) is 4.44. The van der Waals surface area contributed by atoms with Crippen LogP contribution in [-0.4, -0.2) is 28.5 Å². The van der Waals surface area contributed by atoms with Gasteiger partial charge in [-0.25, -0.2) is 9.48 Å². The van der Waals surface area contributed by atoms with Gasteiger partial charge in [-0.15, -0.1) is 11.3 Å². The number of fused-ring (bicyclic) bond motifs is 1. The second-order valence-electron chi connectivity index (χ2n) is 5.20. The summed E-state index contributed by atoms with van der Waals surface area (Å²) < 4.78 is 46.5. The molecule has 3 heterocycles. The van der Waals surface area contributed by atoms with Crippen LogP contribution in [0.15, 0.2) is 18.3 Å². The molecule has 10 heteroatoms. The number of halogens is 4. The van der Waals surface area contributed by atoms with Crippen LogP contribution in [0.25, 0.3) is 0 Å². The highest BCUT2D eigenvalue weighted by atomic mass is 35.5. The maximum Gasteiger partial charge on any atom is 0.410 e. The first-order valence-corrected chi connectivity index (χ1v) is 8.33. The first-order valence-electron chi connectivity index (χ1n) is 7.14. The SMILES string of the molecule is CCOC(=O)c1cnn2c1NC(c1ccc(Cl)s1)CC2C(F)(F)F. The normalized spacial score (nSPS) is 20.4. The van der Waals surface area contributed by atoms with Gasteiger partial charge in [0.15, 0.2) is 6.04 Å². The van der Waals surface area contributed by atoms with Gasteiger partial charge in [-0.3, -0.25) is 0 Å². The van der Waals surface area contributed by atoms with Crippen molar-refractivity contribution >= 4 is 34.7 Å². The molecule has 0 aromatic carbocycles. The summed E-state index contributed by atoms with van der Waals surface area (Å²) in [4.78, 5) is 12.6. The fraction of sp³-hybridized carbons (Fsp3) is 0.429. The molecule has 0 saturated heterocycles. The Morgan fingerprint density at radius 3 is 2.88 bits per heavy atom. The minimum Gasteiger partial charge on any atom is -0.462 e. The van der Waals surface area contributed by atoms with Crippen LogP contribution in [0, 0.1) is 0 Å². The molecule has 130 valence electrons. The van der Waals surface area contributed by atoms with E-state index in [1.165, 1.54) is 11.3 Å². The van der Waals surface area contributed by atoms with Gasteiger partial charge in [0, 0.05) is 11.3 Å². The van der Waals surface area contributed by atoms with Crippen LogP contribution in [0.3, 0.4) is 0 Å². The third-order valence-corrected chi connectivity index (χ3v) is 5.02. The smallest absolute Gasteiger partial charge is 0.410 e. The number of ether oxygens (including phenoxy) is 1. The van der Waals surface area contributed by atoms with E-state index in [0.29, 0.717) is 9.21 Å². The quantitative estimate of drug-likeness (QED) is 0.801. The number of hydrogen-bond donors (Lipinski definition) is 1. The average Bonchev–Trinajstić information content (AvgIpc) is 3.11. The highest BCUT2D eigenvalue weighted by Gasteiger charge is 2.47. The van der Waals surface area contributed by atoms with Crippen molar-refractivity contribution in [3.63, 3.8) is 0 Å². The Balaban J connectivity index is 2.02. The first-order chi connectivity index (χ1) is 11.3. The number of nitrogens with zero attached hydrogens (tertiary/aromatic N) is 2. The lowest BCUT2D eigenvalue weighted by Crippen LogP contribution is -2.36. The Bertz CT molecular complexity index is 759. The van der Waals surface area contributed by atoms with Crippen LogP contribution in [0.5, 0.6) is 0 Å². The molecule has 1 aliphatic rings. The summed E-state index contributed by atoms with van der Waals surface area (Å²) in [6.45, 7) is 1.74. The summed E-state index contributed by atoms with van der Waals surface area (Å²) >= 11 is 7.08. The fourth-order valence-corrected chi connectivity index (χ4v) is 3.75. The van der Waals surface area contributed by atoms with Gasteiger partial charge in [-0.2, -0.15) is 18.3 Å². The van der Waals surface area contributed by atoms with Crippen LogP contribution in [-0.2, 0) is 4.74 Å². The van der Waals surface area contributed by atoms with Crippen molar-refractivity contribution < 1.29 is 22.7 Å². The van der Waals surface area contributed by atoms with Gasteiger partial charge in [0.1, 0.15) is 11.4 Å². The summed E-state index contributed by atoms with van der Waals surface area (Å²) in [5.41, 5.74) is -0.0153. The Labute approximate surface area is 144 Å². The minimum absolute atomic E-state index is 0.0107. The molecule has 1 N–H and O–H groups in total. The van der Waals surface area contributed by atoms with E-state index in [4.69, 9.17) is 16.3 Å². The van der Waals surface area contributed by atoms with Gasteiger partial charge in [-0.1, -0.05) is 11.6 Å². The molecule has 1 aliphatic heterocycles. The molecule has 0 fully saturated rings. The number of esters is 1. The first kappa shape index (κ1) is 17.1. The lowest BCUT2D eigenvalue weighted by molar-refractivity contribution is -0.173. The van der Waals surface area contributed by atoms with Crippen molar-refractivity contribution in [1.29, 1.82) is 0 Å². The molecular weight excluding hydrogens is 367 g/mol. The van der Waals surface area contributed by atoms with E-state index in [0.717, 1.165) is 10.9 Å². The maximum atomic E-state index is 13.4. The van der Waals surface area contributed by atoms with Gasteiger partial charge in [0.05, 0.1) is 23.2 Å². The summed E-state index contributed by atoms with van der Waals surface area (Å²) in [5, 5.41) is 6.72. The van der Waals surface area contributed by atoms with E-state index in [2.05, 4.69) is 10.4 Å². The number of alkyl halides is 3. The van der Waals surface area contributed by atoms with Crippen LogP contribution in [0.2, 0.25) is 4.34 Å². The third-order valence-electron chi connectivity index (χ3n) is 3.67. The lowest BCUT2D eigenvalue weighted by atomic mass is 10.0. The maximum absolute atomic E-state index is 13.4. The Kier molecular flexibility index (Phi) is 4.48. The highest BCUT2D eigenvalue weighted by Crippen LogP contribution is 2.45. The van der Waals surface area contributed by atoms with E-state index in [1.807, 2.05) is 0 Å². The Morgan fingerprint density at radius 2 is 2.29 bits per heavy atom. The molecule has 5 nitrogen and oxygen atoms in total. The van der Waals surface area contributed by atoms with Gasteiger partial charge in [0.25, 0.3) is 0 Å². The van der Waals surface area contributed by atoms with Gasteiger partial charge >= 0.3 is 12.1 Å². The molecule has 0 amide bonds. The Morgan fingerprint density at radius 1 is 1.54 bits per heavy atom. The summed E-state index contributed by atoms with van der Waals surface area (Å²) in [7, 11) is 0. The molecule has 0 aliphatic carbocycles. The zero-order chi connectivity index (χ0) is 17.5. The molecule has 0 saturated carbocycles. The van der Waals surface area contributed by atoms with Crippen LogP contribution < -0.4 is 5.32 Å². The lowest BCUT2D eigenvalue weighted by Gasteiger charge is -2.33. The van der Waals surface area contributed by atoms with Crippen molar-refractivity contribution in [1.82, 2.24) is 9.78 Å². The fourth-order valence-electron chi connectivity index (χ4n) is 2.62. The second-order valence-corrected chi connectivity index (χ2v) is 6.95. The molecule has 2 aromatic rings. The zero-order valence-electron chi connectivity index (χ0n) is 12.4. The van der Waals surface area contributed by atoms with Crippen molar-refractivity contribution in [3.05, 3.63) is 33.1 Å². The van der Waals surface area contributed by atoms with Crippen molar-refractivity contribution in [2.45, 2.75) is 31.6 Å². The summed E-state index contributed by atoms with van der Waals surface area (Å²) in [6.07, 6.45) is -3.63. The van der Waals surface area contributed by atoms with Crippen LogP contribution in [0.1, 0.15) is 40.7 Å². The average molecular weight is 380 g/mol. The molecular formula is C14H13ClF3N3O2S. The number of thiophene rings is 1. The number of nitrogens with one attached hydrogen (secondary N) is 1. The van der Waals surface area contributed by atoms with Gasteiger partial charge in [-0.05, 0) is 19.1 Å². The second kappa shape index (κ2) is 6.29. The third kappa shape index (κ3) is 3.10.